The standard InChI is InChI=1S/C11H8FN5O2/c12-7-3-1-2-6(4-7)5-8-14-11(18-15-8)9-10(13)17-19-16-9/h1-4H,5H2,(H2,13,17). The normalized spacial score (nSPS) is 10.8. The van der Waals surface area contributed by atoms with Crippen LogP contribution in [0.2, 0.25) is 0 Å². The molecule has 2 N–H and O–H groups in total. The smallest absolute Gasteiger partial charge is 0.284 e. The molecule has 0 amide bonds. The first-order chi connectivity index (χ1) is 9.22. The van der Waals surface area contributed by atoms with E-state index in [2.05, 4.69) is 25.1 Å². The fourth-order valence-electron chi connectivity index (χ4n) is 1.60. The van der Waals surface area contributed by atoms with Gasteiger partial charge in [-0.1, -0.05) is 17.3 Å². The quantitative estimate of drug-likeness (QED) is 0.760. The topological polar surface area (TPSA) is 104 Å². The maximum atomic E-state index is 13.0. The predicted molar refractivity (Wildman–Crippen MR) is 61.2 cm³/mol. The minimum absolute atomic E-state index is 0.0703. The van der Waals surface area contributed by atoms with E-state index in [1.165, 1.54) is 12.1 Å². The zero-order valence-corrected chi connectivity index (χ0v) is 9.58. The number of rotatable bonds is 3. The van der Waals surface area contributed by atoms with Crippen LogP contribution in [0.3, 0.4) is 0 Å². The first kappa shape index (κ1) is 11.3. The summed E-state index contributed by atoms with van der Waals surface area (Å²) in [5, 5.41) is 10.7. The number of halogens is 1. The SMILES string of the molecule is Nc1nonc1-c1nc(Cc2cccc(F)c2)no1. The largest absolute Gasteiger partial charge is 0.379 e. The van der Waals surface area contributed by atoms with Crippen molar-refractivity contribution in [2.45, 2.75) is 6.42 Å². The van der Waals surface area contributed by atoms with Gasteiger partial charge in [0.1, 0.15) is 5.82 Å². The molecule has 19 heavy (non-hydrogen) atoms. The molecular weight excluding hydrogens is 253 g/mol. The second-order valence-corrected chi connectivity index (χ2v) is 3.82. The van der Waals surface area contributed by atoms with E-state index in [0.29, 0.717) is 12.2 Å². The van der Waals surface area contributed by atoms with E-state index >= 15 is 0 Å². The number of anilines is 1. The molecule has 96 valence electrons. The van der Waals surface area contributed by atoms with Crippen molar-refractivity contribution in [3.05, 3.63) is 41.5 Å². The van der Waals surface area contributed by atoms with Gasteiger partial charge in [-0.15, -0.1) is 0 Å². The lowest BCUT2D eigenvalue weighted by atomic mass is 10.1. The number of aromatic nitrogens is 4. The second-order valence-electron chi connectivity index (χ2n) is 3.82. The molecule has 0 aliphatic rings. The van der Waals surface area contributed by atoms with Gasteiger partial charge < -0.3 is 10.3 Å². The summed E-state index contributed by atoms with van der Waals surface area (Å²) in [5.74, 6) is 0.264. The molecule has 0 saturated carbocycles. The number of hydrogen-bond donors (Lipinski definition) is 1. The molecule has 0 saturated heterocycles. The van der Waals surface area contributed by atoms with E-state index < -0.39 is 0 Å². The monoisotopic (exact) mass is 261 g/mol. The Morgan fingerprint density at radius 2 is 2.11 bits per heavy atom. The Labute approximate surface area is 106 Å². The van der Waals surface area contributed by atoms with E-state index in [0.717, 1.165) is 5.56 Å². The highest BCUT2D eigenvalue weighted by molar-refractivity contribution is 5.60. The van der Waals surface area contributed by atoms with Gasteiger partial charge in [-0.05, 0) is 28.0 Å². The molecule has 2 heterocycles. The van der Waals surface area contributed by atoms with Crippen LogP contribution in [0.5, 0.6) is 0 Å². The van der Waals surface area contributed by atoms with E-state index in [9.17, 15) is 4.39 Å². The number of benzene rings is 1. The molecule has 7 nitrogen and oxygen atoms in total. The first-order valence-electron chi connectivity index (χ1n) is 5.38. The molecule has 2 aromatic heterocycles. The zero-order valence-electron chi connectivity index (χ0n) is 9.58. The fraction of sp³-hybridized carbons (Fsp3) is 0.0909. The zero-order chi connectivity index (χ0) is 13.2. The van der Waals surface area contributed by atoms with Crippen molar-refractivity contribution in [1.29, 1.82) is 0 Å². The Morgan fingerprint density at radius 1 is 1.21 bits per heavy atom. The molecule has 0 spiro atoms. The van der Waals surface area contributed by atoms with Crippen LogP contribution < -0.4 is 5.73 Å². The summed E-state index contributed by atoms with van der Waals surface area (Å²) < 4.78 is 22.5. The third-order valence-corrected chi connectivity index (χ3v) is 2.44. The highest BCUT2D eigenvalue weighted by Gasteiger charge is 2.17. The van der Waals surface area contributed by atoms with Gasteiger partial charge in [-0.2, -0.15) is 4.98 Å². The number of nitrogens with zero attached hydrogens (tertiary/aromatic N) is 4. The highest BCUT2D eigenvalue weighted by atomic mass is 19.1. The van der Waals surface area contributed by atoms with E-state index in [1.54, 1.807) is 12.1 Å². The fourth-order valence-corrected chi connectivity index (χ4v) is 1.60. The van der Waals surface area contributed by atoms with Gasteiger partial charge in [0.05, 0.1) is 0 Å². The summed E-state index contributed by atoms with van der Waals surface area (Å²) in [5.41, 5.74) is 6.44. The molecular formula is C11H8FN5O2. The molecule has 0 bridgehead atoms. The van der Waals surface area contributed by atoms with Crippen molar-refractivity contribution < 1.29 is 13.5 Å². The van der Waals surface area contributed by atoms with Crippen molar-refractivity contribution in [3.8, 4) is 11.6 Å². The van der Waals surface area contributed by atoms with Crippen LogP contribution in [0.1, 0.15) is 11.4 Å². The molecule has 0 unspecified atom stereocenters. The van der Waals surface area contributed by atoms with Gasteiger partial charge >= 0.3 is 0 Å². The lowest BCUT2D eigenvalue weighted by Crippen LogP contribution is -1.92. The van der Waals surface area contributed by atoms with Crippen LogP contribution in [-0.2, 0) is 6.42 Å². The third-order valence-electron chi connectivity index (χ3n) is 2.44. The molecule has 0 aliphatic heterocycles. The second kappa shape index (κ2) is 4.48. The van der Waals surface area contributed by atoms with Crippen LogP contribution in [0, 0.1) is 5.82 Å². The van der Waals surface area contributed by atoms with Crippen molar-refractivity contribution >= 4 is 5.82 Å². The lowest BCUT2D eigenvalue weighted by molar-refractivity contribution is 0.308. The summed E-state index contributed by atoms with van der Waals surface area (Å²) in [6.07, 6.45) is 0.340. The molecule has 8 heteroatoms. The van der Waals surface area contributed by atoms with Crippen LogP contribution in [0.15, 0.2) is 33.4 Å². The number of hydrogen-bond acceptors (Lipinski definition) is 7. The van der Waals surface area contributed by atoms with Crippen molar-refractivity contribution in [2.75, 3.05) is 5.73 Å². The van der Waals surface area contributed by atoms with Crippen molar-refractivity contribution in [3.63, 3.8) is 0 Å². The van der Waals surface area contributed by atoms with Gasteiger partial charge in [-0.3, -0.25) is 0 Å². The van der Waals surface area contributed by atoms with Gasteiger partial charge in [0.25, 0.3) is 5.89 Å². The summed E-state index contributed by atoms with van der Waals surface area (Å²) in [7, 11) is 0. The number of nitrogen functional groups attached to an aromatic ring is 1. The van der Waals surface area contributed by atoms with E-state index in [1.807, 2.05) is 0 Å². The minimum Gasteiger partial charge on any atom is -0.379 e. The van der Waals surface area contributed by atoms with E-state index in [4.69, 9.17) is 10.3 Å². The van der Waals surface area contributed by atoms with Gasteiger partial charge in [0.15, 0.2) is 5.82 Å². The molecule has 0 atom stereocenters. The first-order valence-corrected chi connectivity index (χ1v) is 5.38. The average Bonchev–Trinajstić information content (AvgIpc) is 2.98. The minimum atomic E-state index is -0.314. The van der Waals surface area contributed by atoms with Crippen molar-refractivity contribution in [1.82, 2.24) is 20.5 Å². The highest BCUT2D eigenvalue weighted by Crippen LogP contribution is 2.20. The Morgan fingerprint density at radius 3 is 2.84 bits per heavy atom. The van der Waals surface area contributed by atoms with Crippen molar-refractivity contribution in [2.24, 2.45) is 0 Å². The molecule has 0 fully saturated rings. The maximum Gasteiger partial charge on any atom is 0.284 e. The summed E-state index contributed by atoms with van der Waals surface area (Å²) in [4.78, 5) is 4.10. The summed E-state index contributed by atoms with van der Waals surface area (Å²) in [6, 6.07) is 6.16. The lowest BCUT2D eigenvalue weighted by Gasteiger charge is -1.95. The molecule has 0 radical (unpaired) electrons. The number of nitrogens with two attached hydrogens (primary N) is 1. The van der Waals surface area contributed by atoms with Crippen LogP contribution in [0.25, 0.3) is 11.6 Å². The predicted octanol–water partition coefficient (Wildman–Crippen LogP) is 1.43. The van der Waals surface area contributed by atoms with Gasteiger partial charge in [0.2, 0.25) is 11.5 Å². The third kappa shape index (κ3) is 2.28. The van der Waals surface area contributed by atoms with Gasteiger partial charge in [-0.25, -0.2) is 9.02 Å². The Balaban J connectivity index is 1.84. The molecule has 1 aromatic carbocycles. The molecule has 3 rings (SSSR count). The Bertz CT molecular complexity index is 708. The van der Waals surface area contributed by atoms with E-state index in [-0.39, 0.29) is 23.2 Å². The average molecular weight is 261 g/mol. The van der Waals surface area contributed by atoms with Crippen LogP contribution >= 0.6 is 0 Å². The Hall–Kier alpha value is -2.77. The van der Waals surface area contributed by atoms with Gasteiger partial charge in [0, 0.05) is 6.42 Å². The molecule has 0 aliphatic carbocycles. The Kier molecular flexibility index (Phi) is 2.67. The maximum absolute atomic E-state index is 13.0. The summed E-state index contributed by atoms with van der Waals surface area (Å²) >= 11 is 0. The summed E-state index contributed by atoms with van der Waals surface area (Å²) in [6.45, 7) is 0. The molecule has 3 aromatic rings. The van der Waals surface area contributed by atoms with Crippen LogP contribution in [-0.4, -0.2) is 20.5 Å². The van der Waals surface area contributed by atoms with Crippen LogP contribution in [0.4, 0.5) is 10.2 Å².